The first-order chi connectivity index (χ1) is 28.9. The third-order valence-electron chi connectivity index (χ3n) is 10.7. The molecule has 0 aliphatic carbocycles. The predicted molar refractivity (Wildman–Crippen MR) is 262 cm³/mol. The van der Waals surface area contributed by atoms with Gasteiger partial charge >= 0.3 is 291 Å². The molecule has 0 aliphatic heterocycles. The molecule has 0 bridgehead atoms. The van der Waals surface area contributed by atoms with Crippen LogP contribution in [0.1, 0.15) is 221 Å². The van der Waals surface area contributed by atoms with Crippen LogP contribution in [0.2, 0.25) is 17.7 Å². The van der Waals surface area contributed by atoms with E-state index in [0.717, 1.165) is 159 Å². The van der Waals surface area contributed by atoms with Crippen molar-refractivity contribution in [2.24, 2.45) is 0 Å². The van der Waals surface area contributed by atoms with Gasteiger partial charge in [-0.15, -0.1) is 0 Å². The van der Waals surface area contributed by atoms with Gasteiger partial charge in [-0.1, -0.05) is 62.5 Å². The Balaban J connectivity index is 5.24. The van der Waals surface area contributed by atoms with E-state index in [9.17, 15) is 9.59 Å². The normalized spacial score (nSPS) is 12.8. The fourth-order valence-corrected chi connectivity index (χ4v) is 48.6. The molecule has 0 aliphatic rings. The van der Waals surface area contributed by atoms with Gasteiger partial charge < -0.3 is 0 Å². The SMILES string of the molecule is CC/C=C\C/C=C\C/C=C\CCCCCCCC(=O)[O][Sn]([CH2]CCC)([CH2]CCC)[O][Sn]([CH2]CCC)([CH2]CCC)[O]C(=O)CCCCCCC/C=C\C/C=C\C/C=C\CC. The van der Waals surface area contributed by atoms with Crippen LogP contribution in [0.15, 0.2) is 72.9 Å². The Labute approximate surface area is 376 Å². The second-order valence-electron chi connectivity index (χ2n) is 16.5. The van der Waals surface area contributed by atoms with Crippen LogP contribution >= 0.6 is 0 Å². The van der Waals surface area contributed by atoms with Crippen LogP contribution < -0.4 is 0 Å². The summed E-state index contributed by atoms with van der Waals surface area (Å²) in [7, 11) is 0. The molecule has 0 unspecified atom stereocenters. The minimum atomic E-state index is -3.95. The quantitative estimate of drug-likeness (QED) is 0.0346. The Bertz CT molecular complexity index is 1050. The van der Waals surface area contributed by atoms with E-state index in [1.165, 1.54) is 25.7 Å². The summed E-state index contributed by atoms with van der Waals surface area (Å²) in [4.78, 5) is 27.3. The van der Waals surface area contributed by atoms with E-state index >= 15 is 0 Å². The van der Waals surface area contributed by atoms with Gasteiger partial charge in [-0.25, -0.2) is 0 Å². The van der Waals surface area contributed by atoms with Gasteiger partial charge in [0.2, 0.25) is 0 Å². The summed E-state index contributed by atoms with van der Waals surface area (Å²) in [5.41, 5.74) is 0. The summed E-state index contributed by atoms with van der Waals surface area (Å²) < 4.78 is 24.5. The summed E-state index contributed by atoms with van der Waals surface area (Å²) in [6.45, 7) is 13.2. The van der Waals surface area contributed by atoms with Gasteiger partial charge in [0, 0.05) is 0 Å². The number of hydrogen-bond acceptors (Lipinski definition) is 5. The predicted octanol–water partition coefficient (Wildman–Crippen LogP) is 17.4. The van der Waals surface area contributed by atoms with Gasteiger partial charge in [0.1, 0.15) is 0 Å². The van der Waals surface area contributed by atoms with Gasteiger partial charge in [-0.05, 0) is 25.7 Å². The molecule has 0 N–H and O–H groups in total. The molecule has 0 aromatic heterocycles. The van der Waals surface area contributed by atoms with Gasteiger partial charge in [-0.2, -0.15) is 0 Å². The molecule has 5 nitrogen and oxygen atoms in total. The van der Waals surface area contributed by atoms with Crippen LogP contribution in [0.3, 0.4) is 0 Å². The molecule has 0 spiro atoms. The third kappa shape index (κ3) is 36.2. The summed E-state index contributed by atoms with van der Waals surface area (Å²) in [5, 5.41) is 0. The van der Waals surface area contributed by atoms with E-state index in [-0.39, 0.29) is 11.9 Å². The smallest absolute Gasteiger partial charge is 0.0885 e. The Morgan fingerprint density at radius 2 is 0.644 bits per heavy atom. The van der Waals surface area contributed by atoms with Crippen LogP contribution in [-0.4, -0.2) is 50.3 Å². The van der Waals surface area contributed by atoms with E-state index in [2.05, 4.69) is 114 Å². The minimum absolute atomic E-state index is 0.0607. The summed E-state index contributed by atoms with van der Waals surface area (Å²) >= 11 is -7.90. The zero-order chi connectivity index (χ0) is 43.4. The van der Waals surface area contributed by atoms with Crippen LogP contribution in [0.4, 0.5) is 0 Å². The van der Waals surface area contributed by atoms with E-state index < -0.39 is 38.4 Å². The van der Waals surface area contributed by atoms with Crippen molar-refractivity contribution in [3.8, 4) is 0 Å². The van der Waals surface area contributed by atoms with Gasteiger partial charge in [0.25, 0.3) is 0 Å². The molecule has 7 heteroatoms. The zero-order valence-electron chi connectivity index (χ0n) is 39.6. The molecule has 0 aromatic rings. The number of allylic oxidation sites excluding steroid dienone is 12. The van der Waals surface area contributed by atoms with E-state index in [0.29, 0.717) is 12.8 Å². The summed E-state index contributed by atoms with van der Waals surface area (Å²) in [6, 6.07) is 0. The maximum atomic E-state index is 13.7. The average Bonchev–Trinajstić information content (AvgIpc) is 3.23. The van der Waals surface area contributed by atoms with E-state index in [1.54, 1.807) is 0 Å². The molecule has 0 amide bonds. The van der Waals surface area contributed by atoms with Gasteiger partial charge in [-0.3, -0.25) is 0 Å². The molecular formula is C52H94O5Sn2. The fourth-order valence-electron chi connectivity index (χ4n) is 7.12. The number of carbonyl (C=O) groups is 2. The van der Waals surface area contributed by atoms with E-state index in [4.69, 9.17) is 7.56 Å². The van der Waals surface area contributed by atoms with Crippen molar-refractivity contribution in [1.82, 2.24) is 0 Å². The van der Waals surface area contributed by atoms with E-state index in [1.807, 2.05) is 0 Å². The fraction of sp³-hybridized carbons (Fsp3) is 0.731. The minimum Gasteiger partial charge on any atom is -0.0885 e. The molecule has 0 radical (unpaired) electrons. The van der Waals surface area contributed by atoms with Crippen molar-refractivity contribution in [2.75, 3.05) is 0 Å². The third-order valence-corrected chi connectivity index (χ3v) is 43.2. The topological polar surface area (TPSA) is 61.8 Å². The maximum absolute atomic E-state index is 13.7. The number of rotatable bonds is 42. The van der Waals surface area contributed by atoms with Crippen molar-refractivity contribution in [3.63, 3.8) is 0 Å². The monoisotopic (exact) mass is 1040 g/mol. The van der Waals surface area contributed by atoms with Crippen molar-refractivity contribution < 1.29 is 17.1 Å². The average molecular weight is 1040 g/mol. The van der Waals surface area contributed by atoms with Crippen molar-refractivity contribution >= 4 is 50.3 Å². The zero-order valence-corrected chi connectivity index (χ0v) is 45.3. The second-order valence-corrected chi connectivity index (χ2v) is 38.2. The first kappa shape index (κ1) is 57.9. The number of unbranched alkanes of at least 4 members (excludes halogenated alkanes) is 14. The molecule has 0 aromatic carbocycles. The Kier molecular flexibility index (Phi) is 42.8. The van der Waals surface area contributed by atoms with Crippen LogP contribution in [-0.2, 0) is 17.1 Å². The molecule has 0 saturated heterocycles. The molecule has 0 atom stereocenters. The first-order valence-corrected chi connectivity index (χ1v) is 37.6. The van der Waals surface area contributed by atoms with Crippen molar-refractivity contribution in [3.05, 3.63) is 72.9 Å². The summed E-state index contributed by atoms with van der Waals surface area (Å²) in [5.74, 6) is -0.121. The number of carbonyl (C=O) groups excluding carboxylic acids is 2. The standard InChI is InChI=1S/2C18H30O2.4C4H9.O.2Sn/c2*1-2-3-4-5-6-7-8-9-10-11-12-13-14-15-16-17-18(19)20;4*1-3-4-2;;;/h2*3-4,6-7,9-10H,2,5,8,11-17H2,1H3,(H,19,20);4*1,3-4H2,2H3;;;/q;;;;;;;2*+1/p-2/b2*4-3-,7-6-,10-9-;;;;;;;. The molecule has 0 rings (SSSR count). The van der Waals surface area contributed by atoms with Gasteiger partial charge in [0.05, 0.1) is 0 Å². The Hall–Kier alpha value is -1.06. The Morgan fingerprint density at radius 3 is 0.966 bits per heavy atom. The van der Waals surface area contributed by atoms with Crippen LogP contribution in [0.5, 0.6) is 0 Å². The first-order valence-electron chi connectivity index (χ1n) is 24.9. The molecule has 0 fully saturated rings. The van der Waals surface area contributed by atoms with Crippen molar-refractivity contribution in [1.29, 1.82) is 0 Å². The molecular weight excluding hydrogens is 942 g/mol. The molecule has 0 heterocycles. The molecule has 59 heavy (non-hydrogen) atoms. The van der Waals surface area contributed by atoms with Crippen LogP contribution in [0, 0.1) is 0 Å². The number of hydrogen-bond donors (Lipinski definition) is 0. The van der Waals surface area contributed by atoms with Crippen LogP contribution in [0.25, 0.3) is 0 Å². The molecule has 340 valence electrons. The Morgan fingerprint density at radius 1 is 0.356 bits per heavy atom. The molecule has 0 saturated carbocycles. The second kappa shape index (κ2) is 43.6. The van der Waals surface area contributed by atoms with Gasteiger partial charge in [0.15, 0.2) is 0 Å². The van der Waals surface area contributed by atoms with Crippen molar-refractivity contribution in [2.45, 2.75) is 239 Å². The summed E-state index contributed by atoms with van der Waals surface area (Å²) in [6.07, 6.45) is 55.6.